The summed E-state index contributed by atoms with van der Waals surface area (Å²) in [6, 6.07) is 21.6. The molecule has 0 saturated carbocycles. The topological polar surface area (TPSA) is 72.3 Å². The van der Waals surface area contributed by atoms with Crippen molar-refractivity contribution in [1.29, 1.82) is 0 Å². The fraction of sp³-hybridized carbons (Fsp3) is 0.296. The predicted molar refractivity (Wildman–Crippen MR) is 140 cm³/mol. The Labute approximate surface area is 213 Å². The minimum Gasteiger partial charge on any atom is -0.492 e. The Balaban J connectivity index is 1.16. The van der Waals surface area contributed by atoms with Gasteiger partial charge in [-0.1, -0.05) is 34.1 Å². The molecule has 2 aromatic heterocycles. The van der Waals surface area contributed by atoms with E-state index in [1.54, 1.807) is 10.7 Å². The van der Waals surface area contributed by atoms with Crippen LogP contribution in [0.2, 0.25) is 0 Å². The van der Waals surface area contributed by atoms with Gasteiger partial charge in [-0.05, 0) is 68.3 Å². The first kappa shape index (κ1) is 23.5. The summed E-state index contributed by atoms with van der Waals surface area (Å²) in [5.74, 6) is 0.742. The average Bonchev–Trinajstić information content (AvgIpc) is 3.22. The number of pyridine rings is 1. The number of hydrogen-bond donors (Lipinski definition) is 1. The number of nitrogens with one attached hydrogen (secondary N) is 1. The van der Waals surface area contributed by atoms with Gasteiger partial charge in [0.05, 0.1) is 11.4 Å². The van der Waals surface area contributed by atoms with Crippen LogP contribution >= 0.6 is 15.9 Å². The number of rotatable bonds is 7. The van der Waals surface area contributed by atoms with Crippen molar-refractivity contribution in [3.8, 4) is 11.4 Å². The molecule has 3 heterocycles. The van der Waals surface area contributed by atoms with Crippen LogP contribution in [-0.2, 0) is 0 Å². The number of hydrogen-bond acceptors (Lipinski definition) is 5. The first-order chi connectivity index (χ1) is 17.1. The SMILES string of the molecule is Cc1nn(-c2ccccc2)c2nc(C(=O)NC3CCN(CCOc4ccc(Br)cc4)CC3)ccc12. The van der Waals surface area contributed by atoms with Crippen molar-refractivity contribution in [2.45, 2.75) is 25.8 Å². The zero-order valence-electron chi connectivity index (χ0n) is 19.7. The first-order valence-corrected chi connectivity index (χ1v) is 12.7. The van der Waals surface area contributed by atoms with Gasteiger partial charge >= 0.3 is 0 Å². The van der Waals surface area contributed by atoms with E-state index in [0.717, 1.165) is 59.5 Å². The highest BCUT2D eigenvalue weighted by Crippen LogP contribution is 2.21. The summed E-state index contributed by atoms with van der Waals surface area (Å²) in [5.41, 5.74) is 2.92. The highest BCUT2D eigenvalue weighted by atomic mass is 79.9. The van der Waals surface area contributed by atoms with Gasteiger partial charge in [-0.15, -0.1) is 0 Å². The molecule has 0 unspecified atom stereocenters. The maximum Gasteiger partial charge on any atom is 0.270 e. The number of amides is 1. The number of piperidine rings is 1. The van der Waals surface area contributed by atoms with Gasteiger partial charge in [0.15, 0.2) is 5.65 Å². The summed E-state index contributed by atoms with van der Waals surface area (Å²) in [6.45, 7) is 5.35. The Bertz CT molecular complexity index is 1300. The zero-order chi connectivity index (χ0) is 24.2. The van der Waals surface area contributed by atoms with Crippen molar-refractivity contribution in [3.05, 3.63) is 82.6 Å². The van der Waals surface area contributed by atoms with Crippen molar-refractivity contribution in [3.63, 3.8) is 0 Å². The molecule has 1 aliphatic heterocycles. The molecule has 5 rings (SSSR count). The second-order valence-corrected chi connectivity index (χ2v) is 9.71. The Morgan fingerprint density at radius 3 is 2.54 bits per heavy atom. The van der Waals surface area contributed by atoms with E-state index >= 15 is 0 Å². The van der Waals surface area contributed by atoms with E-state index in [1.807, 2.05) is 67.6 Å². The Hall–Kier alpha value is -3.23. The number of halogens is 1. The number of para-hydroxylation sites is 1. The summed E-state index contributed by atoms with van der Waals surface area (Å²) in [4.78, 5) is 20.1. The smallest absolute Gasteiger partial charge is 0.270 e. The van der Waals surface area contributed by atoms with Crippen LogP contribution in [0.3, 0.4) is 0 Å². The van der Waals surface area contributed by atoms with Crippen LogP contribution in [-0.4, -0.2) is 57.9 Å². The molecule has 7 nitrogen and oxygen atoms in total. The lowest BCUT2D eigenvalue weighted by Gasteiger charge is -2.32. The molecule has 35 heavy (non-hydrogen) atoms. The normalized spacial score (nSPS) is 14.8. The Morgan fingerprint density at radius 2 is 1.80 bits per heavy atom. The first-order valence-electron chi connectivity index (χ1n) is 11.9. The minimum atomic E-state index is -0.137. The van der Waals surface area contributed by atoms with Crippen molar-refractivity contribution in [2.24, 2.45) is 0 Å². The predicted octanol–water partition coefficient (Wildman–Crippen LogP) is 4.76. The van der Waals surface area contributed by atoms with Gasteiger partial charge < -0.3 is 10.1 Å². The van der Waals surface area contributed by atoms with Gasteiger partial charge in [-0.2, -0.15) is 5.10 Å². The van der Waals surface area contributed by atoms with E-state index in [0.29, 0.717) is 17.9 Å². The van der Waals surface area contributed by atoms with E-state index in [1.165, 1.54) is 0 Å². The van der Waals surface area contributed by atoms with Gasteiger partial charge in [-0.25, -0.2) is 9.67 Å². The number of likely N-dealkylation sites (tertiary alicyclic amines) is 1. The van der Waals surface area contributed by atoms with E-state index in [9.17, 15) is 4.79 Å². The molecule has 8 heteroatoms. The number of aryl methyl sites for hydroxylation is 1. The van der Waals surface area contributed by atoms with E-state index < -0.39 is 0 Å². The lowest BCUT2D eigenvalue weighted by Crippen LogP contribution is -2.45. The number of benzene rings is 2. The van der Waals surface area contributed by atoms with Gasteiger partial charge in [0.25, 0.3) is 5.91 Å². The molecule has 1 amide bonds. The standard InChI is InChI=1S/C27H28BrN5O2/c1-19-24-11-12-25(30-26(24)33(31-19)22-5-3-2-4-6-22)27(34)29-21-13-15-32(16-14-21)17-18-35-23-9-7-20(28)8-10-23/h2-12,21H,13-18H2,1H3,(H,29,34). The highest BCUT2D eigenvalue weighted by molar-refractivity contribution is 9.10. The van der Waals surface area contributed by atoms with Gasteiger partial charge in [0, 0.05) is 35.5 Å². The van der Waals surface area contributed by atoms with Crippen LogP contribution in [0.5, 0.6) is 5.75 Å². The molecule has 180 valence electrons. The molecule has 0 radical (unpaired) electrons. The van der Waals surface area contributed by atoms with Crippen LogP contribution in [0, 0.1) is 6.92 Å². The van der Waals surface area contributed by atoms with Crippen LogP contribution in [0.25, 0.3) is 16.7 Å². The third-order valence-corrected chi connectivity index (χ3v) is 6.89. The fourth-order valence-electron chi connectivity index (χ4n) is 4.40. The fourth-order valence-corrected chi connectivity index (χ4v) is 4.67. The molecule has 1 aliphatic rings. The van der Waals surface area contributed by atoms with Crippen LogP contribution in [0.15, 0.2) is 71.2 Å². The largest absolute Gasteiger partial charge is 0.492 e. The second-order valence-electron chi connectivity index (χ2n) is 8.79. The Morgan fingerprint density at radius 1 is 1.06 bits per heavy atom. The molecule has 4 aromatic rings. The monoisotopic (exact) mass is 533 g/mol. The van der Waals surface area contributed by atoms with Crippen molar-refractivity contribution < 1.29 is 9.53 Å². The third-order valence-electron chi connectivity index (χ3n) is 6.36. The maximum absolute atomic E-state index is 13.0. The highest BCUT2D eigenvalue weighted by Gasteiger charge is 2.22. The summed E-state index contributed by atoms with van der Waals surface area (Å²) in [5, 5.41) is 8.77. The van der Waals surface area contributed by atoms with E-state index in [-0.39, 0.29) is 11.9 Å². The summed E-state index contributed by atoms with van der Waals surface area (Å²) >= 11 is 3.44. The zero-order valence-corrected chi connectivity index (χ0v) is 21.2. The van der Waals surface area contributed by atoms with Crippen LogP contribution in [0.4, 0.5) is 0 Å². The quantitative estimate of drug-likeness (QED) is 0.370. The number of carbonyl (C=O) groups excluding carboxylic acids is 1. The molecule has 0 bridgehead atoms. The van der Waals surface area contributed by atoms with Crippen molar-refractivity contribution in [1.82, 2.24) is 25.0 Å². The number of fused-ring (bicyclic) bond motifs is 1. The molecule has 0 aliphatic carbocycles. The average molecular weight is 534 g/mol. The van der Waals surface area contributed by atoms with Crippen molar-refractivity contribution >= 4 is 32.9 Å². The molecule has 1 N–H and O–H groups in total. The summed E-state index contributed by atoms with van der Waals surface area (Å²) in [7, 11) is 0. The molecule has 1 saturated heterocycles. The van der Waals surface area contributed by atoms with Crippen LogP contribution in [0.1, 0.15) is 29.0 Å². The van der Waals surface area contributed by atoms with Gasteiger partial charge in [0.2, 0.25) is 0 Å². The lowest BCUT2D eigenvalue weighted by molar-refractivity contribution is 0.0900. The number of ether oxygens (including phenoxy) is 1. The minimum absolute atomic E-state index is 0.137. The second kappa shape index (κ2) is 10.6. The molecule has 1 fully saturated rings. The Kier molecular flexibility index (Phi) is 7.11. The van der Waals surface area contributed by atoms with Crippen LogP contribution < -0.4 is 10.1 Å². The number of aromatic nitrogens is 3. The maximum atomic E-state index is 13.0. The van der Waals surface area contributed by atoms with E-state index in [2.05, 4.69) is 36.2 Å². The van der Waals surface area contributed by atoms with Crippen molar-refractivity contribution in [2.75, 3.05) is 26.2 Å². The van der Waals surface area contributed by atoms with Gasteiger partial charge in [0.1, 0.15) is 18.1 Å². The number of nitrogens with zero attached hydrogens (tertiary/aromatic N) is 4. The number of carbonyl (C=O) groups is 1. The molecular formula is C27H28BrN5O2. The van der Waals surface area contributed by atoms with E-state index in [4.69, 9.17) is 4.74 Å². The molecular weight excluding hydrogens is 506 g/mol. The summed E-state index contributed by atoms with van der Waals surface area (Å²) in [6.07, 6.45) is 1.82. The molecule has 2 aromatic carbocycles. The molecule has 0 spiro atoms. The van der Waals surface area contributed by atoms with Gasteiger partial charge in [-0.3, -0.25) is 9.69 Å². The lowest BCUT2D eigenvalue weighted by atomic mass is 10.0. The third kappa shape index (κ3) is 5.55. The molecule has 0 atom stereocenters. The summed E-state index contributed by atoms with van der Waals surface area (Å²) < 4.78 is 8.69.